The summed E-state index contributed by atoms with van der Waals surface area (Å²) < 4.78 is 0. The van der Waals surface area contributed by atoms with Gasteiger partial charge in [-0.05, 0) is 49.6 Å². The van der Waals surface area contributed by atoms with Crippen LogP contribution in [0.1, 0.15) is 23.1 Å². The number of halogens is 2. The van der Waals surface area contributed by atoms with Crippen molar-refractivity contribution in [1.29, 1.82) is 0 Å². The minimum Gasteiger partial charge on any atom is -0.326 e. The highest BCUT2D eigenvalue weighted by molar-refractivity contribution is 6.35. The van der Waals surface area contributed by atoms with E-state index in [1.807, 2.05) is 38.1 Å². The maximum absolute atomic E-state index is 12.0. The molecule has 0 saturated carbocycles. The van der Waals surface area contributed by atoms with Gasteiger partial charge in [0, 0.05) is 22.2 Å². The SMILES string of the molecule is Cc1ccc(NC(=O)CCc2ccc(Cl)cc2Cl)c(C)c1. The van der Waals surface area contributed by atoms with Crippen molar-refractivity contribution in [2.45, 2.75) is 26.7 Å². The summed E-state index contributed by atoms with van der Waals surface area (Å²) in [5.41, 5.74) is 4.02. The highest BCUT2D eigenvalue weighted by Crippen LogP contribution is 2.22. The summed E-state index contributed by atoms with van der Waals surface area (Å²) in [7, 11) is 0. The third-order valence-corrected chi connectivity index (χ3v) is 3.88. The normalized spacial score (nSPS) is 10.5. The van der Waals surface area contributed by atoms with E-state index in [0.29, 0.717) is 22.9 Å². The summed E-state index contributed by atoms with van der Waals surface area (Å²) in [6, 6.07) is 11.3. The minimum atomic E-state index is -0.0204. The maximum Gasteiger partial charge on any atom is 0.224 e. The fourth-order valence-electron chi connectivity index (χ4n) is 2.14. The first-order chi connectivity index (χ1) is 9.95. The van der Waals surface area contributed by atoms with Crippen molar-refractivity contribution in [3.05, 3.63) is 63.1 Å². The van der Waals surface area contributed by atoms with Gasteiger partial charge in [0.1, 0.15) is 0 Å². The fourth-order valence-corrected chi connectivity index (χ4v) is 2.64. The molecular formula is C17H17Cl2NO. The lowest BCUT2D eigenvalue weighted by molar-refractivity contribution is -0.116. The Kier molecular flexibility index (Phi) is 5.27. The molecular weight excluding hydrogens is 305 g/mol. The Morgan fingerprint density at radius 3 is 2.52 bits per heavy atom. The molecule has 0 aliphatic carbocycles. The van der Waals surface area contributed by atoms with Gasteiger partial charge in [0.05, 0.1) is 0 Å². The van der Waals surface area contributed by atoms with Crippen LogP contribution in [0.3, 0.4) is 0 Å². The number of anilines is 1. The molecule has 21 heavy (non-hydrogen) atoms. The van der Waals surface area contributed by atoms with Crippen LogP contribution in [0.5, 0.6) is 0 Å². The topological polar surface area (TPSA) is 29.1 Å². The van der Waals surface area contributed by atoms with E-state index in [1.54, 1.807) is 12.1 Å². The highest BCUT2D eigenvalue weighted by Gasteiger charge is 2.07. The van der Waals surface area contributed by atoms with Gasteiger partial charge >= 0.3 is 0 Å². The first-order valence-corrected chi connectivity index (χ1v) is 7.52. The van der Waals surface area contributed by atoms with Gasteiger partial charge in [-0.25, -0.2) is 0 Å². The van der Waals surface area contributed by atoms with E-state index in [4.69, 9.17) is 23.2 Å². The van der Waals surface area contributed by atoms with Crippen LogP contribution < -0.4 is 5.32 Å². The van der Waals surface area contributed by atoms with Crippen molar-refractivity contribution in [1.82, 2.24) is 0 Å². The summed E-state index contributed by atoms with van der Waals surface area (Å²) in [6.07, 6.45) is 0.974. The molecule has 1 N–H and O–H groups in total. The Balaban J connectivity index is 1.96. The third-order valence-electron chi connectivity index (χ3n) is 3.29. The summed E-state index contributed by atoms with van der Waals surface area (Å²) in [5, 5.41) is 4.13. The zero-order valence-corrected chi connectivity index (χ0v) is 13.6. The molecule has 0 spiro atoms. The van der Waals surface area contributed by atoms with E-state index < -0.39 is 0 Å². The number of carbonyl (C=O) groups excluding carboxylic acids is 1. The maximum atomic E-state index is 12.0. The smallest absolute Gasteiger partial charge is 0.224 e. The molecule has 0 saturated heterocycles. The van der Waals surface area contributed by atoms with Crippen LogP contribution in [-0.4, -0.2) is 5.91 Å². The van der Waals surface area contributed by atoms with Gasteiger partial charge in [-0.2, -0.15) is 0 Å². The number of benzene rings is 2. The summed E-state index contributed by atoms with van der Waals surface area (Å²) in [4.78, 5) is 12.0. The van der Waals surface area contributed by atoms with Crippen molar-refractivity contribution < 1.29 is 4.79 Å². The second-order valence-corrected chi connectivity index (χ2v) is 5.95. The molecule has 4 heteroatoms. The Morgan fingerprint density at radius 1 is 1.10 bits per heavy atom. The summed E-state index contributed by atoms with van der Waals surface area (Å²) in [5.74, 6) is -0.0204. The van der Waals surface area contributed by atoms with Gasteiger partial charge in [0.15, 0.2) is 0 Å². The minimum absolute atomic E-state index is 0.0204. The molecule has 0 aliphatic rings. The molecule has 0 atom stereocenters. The molecule has 2 nitrogen and oxygen atoms in total. The van der Waals surface area contributed by atoms with Crippen LogP contribution in [0.2, 0.25) is 10.0 Å². The Morgan fingerprint density at radius 2 is 1.86 bits per heavy atom. The van der Waals surface area contributed by atoms with Crippen LogP contribution in [0.25, 0.3) is 0 Å². The number of nitrogens with one attached hydrogen (secondary N) is 1. The first kappa shape index (κ1) is 15.9. The Bertz CT molecular complexity index is 668. The molecule has 1 amide bonds. The average Bonchev–Trinajstić information content (AvgIpc) is 2.41. The molecule has 110 valence electrons. The molecule has 2 aromatic rings. The Labute approximate surface area is 135 Å². The van der Waals surface area contributed by atoms with Crippen molar-refractivity contribution in [3.63, 3.8) is 0 Å². The van der Waals surface area contributed by atoms with Crippen LogP contribution in [0.15, 0.2) is 36.4 Å². The molecule has 0 unspecified atom stereocenters. The average molecular weight is 322 g/mol. The quantitative estimate of drug-likeness (QED) is 0.825. The zero-order chi connectivity index (χ0) is 15.4. The van der Waals surface area contributed by atoms with Gasteiger partial charge in [-0.15, -0.1) is 0 Å². The lowest BCUT2D eigenvalue weighted by Crippen LogP contribution is -2.13. The molecule has 0 heterocycles. The largest absolute Gasteiger partial charge is 0.326 e. The van der Waals surface area contributed by atoms with E-state index >= 15 is 0 Å². The molecule has 0 radical (unpaired) electrons. The van der Waals surface area contributed by atoms with Crippen molar-refractivity contribution in [3.8, 4) is 0 Å². The van der Waals surface area contributed by atoms with E-state index in [1.165, 1.54) is 5.56 Å². The number of carbonyl (C=O) groups is 1. The van der Waals surface area contributed by atoms with E-state index in [-0.39, 0.29) is 5.91 Å². The van der Waals surface area contributed by atoms with Crippen LogP contribution >= 0.6 is 23.2 Å². The number of rotatable bonds is 4. The standard InChI is InChI=1S/C17H17Cl2NO/c1-11-3-7-16(12(2)9-11)20-17(21)8-5-13-4-6-14(18)10-15(13)19/h3-4,6-7,9-10H,5,8H2,1-2H3,(H,20,21). The second kappa shape index (κ2) is 6.97. The molecule has 2 rings (SSSR count). The lowest BCUT2D eigenvalue weighted by Gasteiger charge is -2.09. The molecule has 2 aromatic carbocycles. The predicted octanol–water partition coefficient (Wildman–Crippen LogP) is 5.18. The predicted molar refractivity (Wildman–Crippen MR) is 89.3 cm³/mol. The molecule has 0 aromatic heterocycles. The molecule has 0 fully saturated rings. The van der Waals surface area contributed by atoms with E-state index in [0.717, 1.165) is 16.8 Å². The van der Waals surface area contributed by atoms with Gasteiger partial charge in [0.2, 0.25) is 5.91 Å². The van der Waals surface area contributed by atoms with Crippen LogP contribution in [0, 0.1) is 13.8 Å². The van der Waals surface area contributed by atoms with E-state index in [2.05, 4.69) is 5.32 Å². The van der Waals surface area contributed by atoms with Gasteiger partial charge in [-0.3, -0.25) is 4.79 Å². The van der Waals surface area contributed by atoms with Crippen LogP contribution in [-0.2, 0) is 11.2 Å². The lowest BCUT2D eigenvalue weighted by atomic mass is 10.1. The Hall–Kier alpha value is -1.51. The molecule has 0 bridgehead atoms. The monoisotopic (exact) mass is 321 g/mol. The number of hydrogen-bond acceptors (Lipinski definition) is 1. The zero-order valence-electron chi connectivity index (χ0n) is 12.0. The summed E-state index contributed by atoms with van der Waals surface area (Å²) in [6.45, 7) is 4.01. The number of hydrogen-bond donors (Lipinski definition) is 1. The fraction of sp³-hybridized carbons (Fsp3) is 0.235. The van der Waals surface area contributed by atoms with Crippen molar-refractivity contribution in [2.75, 3.05) is 5.32 Å². The molecule has 0 aliphatic heterocycles. The van der Waals surface area contributed by atoms with Crippen molar-refractivity contribution in [2.24, 2.45) is 0 Å². The first-order valence-electron chi connectivity index (χ1n) is 6.77. The van der Waals surface area contributed by atoms with Gasteiger partial charge < -0.3 is 5.32 Å². The van der Waals surface area contributed by atoms with Gasteiger partial charge in [-0.1, -0.05) is 47.0 Å². The third kappa shape index (κ3) is 4.48. The number of amides is 1. The highest BCUT2D eigenvalue weighted by atomic mass is 35.5. The van der Waals surface area contributed by atoms with Crippen molar-refractivity contribution >= 4 is 34.8 Å². The van der Waals surface area contributed by atoms with Crippen LogP contribution in [0.4, 0.5) is 5.69 Å². The summed E-state index contributed by atoms with van der Waals surface area (Å²) >= 11 is 12.0. The second-order valence-electron chi connectivity index (χ2n) is 5.10. The van der Waals surface area contributed by atoms with Gasteiger partial charge in [0.25, 0.3) is 0 Å². The van der Waals surface area contributed by atoms with E-state index in [9.17, 15) is 4.79 Å². The number of aryl methyl sites for hydroxylation is 3.